The molecule has 0 aliphatic heterocycles. The number of hydrogen-bond acceptors (Lipinski definition) is 1. The summed E-state index contributed by atoms with van der Waals surface area (Å²) in [4.78, 5) is 10.7. The number of carbonyl (C=O) groups is 1. The summed E-state index contributed by atoms with van der Waals surface area (Å²) in [6.45, 7) is 2.14. The average molecular weight is 401 g/mol. The molecule has 0 fully saturated rings. The molecule has 0 saturated carbocycles. The molecule has 27 heavy (non-hydrogen) atoms. The Kier molecular flexibility index (Phi) is 6.73. The minimum atomic E-state index is -0.791. The van der Waals surface area contributed by atoms with Crippen LogP contribution in [0.25, 0.3) is 5.57 Å². The molecule has 3 rings (SSSR count). The first-order valence-corrected chi connectivity index (χ1v) is 10.5. The van der Waals surface area contributed by atoms with Crippen LogP contribution in [0.2, 0.25) is 5.02 Å². The fourth-order valence-electron chi connectivity index (χ4n) is 3.74. The smallest absolute Gasteiger partial charge is 0.303 e. The van der Waals surface area contributed by atoms with Crippen molar-refractivity contribution in [2.45, 2.75) is 51.9 Å². The highest BCUT2D eigenvalue weighted by Gasteiger charge is 2.16. The van der Waals surface area contributed by atoms with Gasteiger partial charge in [-0.3, -0.25) is 4.79 Å². The molecule has 4 heteroatoms. The number of carboxylic acid groups (broad SMARTS) is 1. The molecule has 2 aromatic rings. The van der Waals surface area contributed by atoms with E-state index >= 15 is 0 Å². The van der Waals surface area contributed by atoms with Gasteiger partial charge in [-0.1, -0.05) is 41.4 Å². The molecule has 0 aromatic heterocycles. The number of aliphatic carboxylic acids is 1. The van der Waals surface area contributed by atoms with Crippen molar-refractivity contribution in [3.8, 4) is 0 Å². The van der Waals surface area contributed by atoms with Crippen molar-refractivity contribution in [2.24, 2.45) is 0 Å². The van der Waals surface area contributed by atoms with Crippen LogP contribution < -0.4 is 5.30 Å². The van der Waals surface area contributed by atoms with Crippen molar-refractivity contribution in [2.75, 3.05) is 0 Å². The van der Waals surface area contributed by atoms with E-state index < -0.39 is 5.97 Å². The van der Waals surface area contributed by atoms with Crippen molar-refractivity contribution in [3.05, 3.63) is 69.2 Å². The average Bonchev–Trinajstić information content (AvgIpc) is 3.10. The molecule has 0 saturated heterocycles. The standard InChI is InChI=1S/C23H26ClO2P/c1-15-5-8-19(14-22(15)27)20-4-2-3-17(20)9-6-16-7-10-18(21(24)13-16)11-12-23(25)26/h5,7-8,10,13-14H,2-4,6,9,11-12,27H2,1H3,(H,25,26). The van der Waals surface area contributed by atoms with Crippen LogP contribution >= 0.6 is 20.8 Å². The zero-order chi connectivity index (χ0) is 19.4. The van der Waals surface area contributed by atoms with Gasteiger partial charge in [-0.05, 0) is 90.7 Å². The van der Waals surface area contributed by atoms with Crippen LogP contribution in [0.1, 0.15) is 54.4 Å². The third kappa shape index (κ3) is 5.21. The van der Waals surface area contributed by atoms with Gasteiger partial charge in [-0.25, -0.2) is 0 Å². The minimum Gasteiger partial charge on any atom is -0.481 e. The van der Waals surface area contributed by atoms with E-state index in [1.807, 2.05) is 12.1 Å². The summed E-state index contributed by atoms with van der Waals surface area (Å²) < 4.78 is 0. The Morgan fingerprint density at radius 3 is 2.63 bits per heavy atom. The SMILES string of the molecule is Cc1ccc(C2=C(CCc3ccc(CCC(=O)O)c(Cl)c3)CCC2)cc1P. The second-order valence-electron chi connectivity index (χ2n) is 7.33. The Bertz CT molecular complexity index is 886. The highest BCUT2D eigenvalue weighted by atomic mass is 35.5. The molecule has 1 N–H and O–H groups in total. The third-order valence-corrected chi connectivity index (χ3v) is 6.37. The third-order valence-electron chi connectivity index (χ3n) is 5.40. The number of aryl methyl sites for hydroxylation is 3. The van der Waals surface area contributed by atoms with Gasteiger partial charge in [0.25, 0.3) is 0 Å². The fourth-order valence-corrected chi connectivity index (χ4v) is 4.32. The van der Waals surface area contributed by atoms with Crippen LogP contribution in [0.3, 0.4) is 0 Å². The highest BCUT2D eigenvalue weighted by molar-refractivity contribution is 7.27. The summed E-state index contributed by atoms with van der Waals surface area (Å²) in [6.07, 6.45) is 6.20. The molecule has 0 heterocycles. The Labute approximate surface area is 168 Å². The van der Waals surface area contributed by atoms with Gasteiger partial charge < -0.3 is 5.11 Å². The fraction of sp³-hybridized carbons (Fsp3) is 0.348. The lowest BCUT2D eigenvalue weighted by molar-refractivity contribution is -0.136. The molecule has 1 atom stereocenters. The summed E-state index contributed by atoms with van der Waals surface area (Å²) in [6, 6.07) is 12.8. The Hall–Kier alpha value is -1.63. The van der Waals surface area contributed by atoms with Crippen LogP contribution in [0.5, 0.6) is 0 Å². The van der Waals surface area contributed by atoms with E-state index in [0.29, 0.717) is 11.4 Å². The molecule has 0 bridgehead atoms. The first-order chi connectivity index (χ1) is 12.9. The van der Waals surface area contributed by atoms with Crippen molar-refractivity contribution < 1.29 is 9.90 Å². The highest BCUT2D eigenvalue weighted by Crippen LogP contribution is 2.36. The zero-order valence-corrected chi connectivity index (χ0v) is 17.6. The lowest BCUT2D eigenvalue weighted by Gasteiger charge is -2.11. The second kappa shape index (κ2) is 9.04. The predicted octanol–water partition coefficient (Wildman–Crippen LogP) is 5.74. The lowest BCUT2D eigenvalue weighted by Crippen LogP contribution is -1.99. The second-order valence-corrected chi connectivity index (χ2v) is 8.36. The first-order valence-electron chi connectivity index (χ1n) is 9.50. The molecule has 1 aliphatic carbocycles. The lowest BCUT2D eigenvalue weighted by atomic mass is 9.96. The summed E-state index contributed by atoms with van der Waals surface area (Å²) in [5.74, 6) is -0.791. The number of benzene rings is 2. The maximum atomic E-state index is 10.7. The minimum absolute atomic E-state index is 0.115. The van der Waals surface area contributed by atoms with Gasteiger partial charge in [0.1, 0.15) is 0 Å². The van der Waals surface area contributed by atoms with E-state index in [9.17, 15) is 4.79 Å². The molecule has 1 unspecified atom stereocenters. The van der Waals surface area contributed by atoms with E-state index in [-0.39, 0.29) is 6.42 Å². The van der Waals surface area contributed by atoms with Gasteiger partial charge in [0, 0.05) is 11.4 Å². The quantitative estimate of drug-likeness (QED) is 0.602. The van der Waals surface area contributed by atoms with Crippen molar-refractivity contribution in [3.63, 3.8) is 0 Å². The summed E-state index contributed by atoms with van der Waals surface area (Å²) >= 11 is 6.36. The number of carboxylic acids is 1. The van der Waals surface area contributed by atoms with Crippen molar-refractivity contribution in [1.29, 1.82) is 0 Å². The van der Waals surface area contributed by atoms with Gasteiger partial charge in [-0.15, -0.1) is 9.24 Å². The Balaban J connectivity index is 1.70. The van der Waals surface area contributed by atoms with Gasteiger partial charge in [0.15, 0.2) is 0 Å². The van der Waals surface area contributed by atoms with E-state index in [1.165, 1.54) is 40.4 Å². The van der Waals surface area contributed by atoms with Crippen LogP contribution in [0.4, 0.5) is 0 Å². The predicted molar refractivity (Wildman–Crippen MR) is 117 cm³/mol. The maximum Gasteiger partial charge on any atom is 0.303 e. The van der Waals surface area contributed by atoms with Gasteiger partial charge in [-0.2, -0.15) is 0 Å². The summed E-state index contributed by atoms with van der Waals surface area (Å²) in [5, 5.41) is 10.8. The number of allylic oxidation sites excluding steroid dienone is 2. The molecule has 142 valence electrons. The molecule has 2 aromatic carbocycles. The Morgan fingerprint density at radius 2 is 1.93 bits per heavy atom. The van der Waals surface area contributed by atoms with Gasteiger partial charge >= 0.3 is 5.97 Å². The monoisotopic (exact) mass is 400 g/mol. The zero-order valence-electron chi connectivity index (χ0n) is 15.7. The van der Waals surface area contributed by atoms with Gasteiger partial charge in [0.2, 0.25) is 0 Å². The van der Waals surface area contributed by atoms with Gasteiger partial charge in [0.05, 0.1) is 0 Å². The van der Waals surface area contributed by atoms with Crippen molar-refractivity contribution >= 4 is 37.7 Å². The molecule has 1 aliphatic rings. The molecular weight excluding hydrogens is 375 g/mol. The Morgan fingerprint density at radius 1 is 1.11 bits per heavy atom. The summed E-state index contributed by atoms with van der Waals surface area (Å²) in [5.41, 5.74) is 7.88. The molecule has 2 nitrogen and oxygen atoms in total. The van der Waals surface area contributed by atoms with E-state index in [4.69, 9.17) is 16.7 Å². The normalized spacial score (nSPS) is 14.0. The maximum absolute atomic E-state index is 10.7. The number of halogens is 1. The molecule has 0 radical (unpaired) electrons. The molecule has 0 amide bonds. The van der Waals surface area contributed by atoms with E-state index in [1.54, 1.807) is 5.57 Å². The van der Waals surface area contributed by atoms with Crippen LogP contribution in [-0.4, -0.2) is 11.1 Å². The number of rotatable bonds is 7. The van der Waals surface area contributed by atoms with E-state index in [0.717, 1.165) is 24.8 Å². The van der Waals surface area contributed by atoms with Crippen LogP contribution in [-0.2, 0) is 17.6 Å². The summed E-state index contributed by atoms with van der Waals surface area (Å²) in [7, 11) is 2.84. The van der Waals surface area contributed by atoms with Crippen molar-refractivity contribution in [1.82, 2.24) is 0 Å². The molecular formula is C23H26ClO2P. The number of hydrogen-bond donors (Lipinski definition) is 1. The topological polar surface area (TPSA) is 37.3 Å². The van der Waals surface area contributed by atoms with E-state index in [2.05, 4.69) is 40.4 Å². The molecule has 0 spiro atoms. The van der Waals surface area contributed by atoms with Crippen LogP contribution in [0.15, 0.2) is 42.0 Å². The van der Waals surface area contributed by atoms with Crippen LogP contribution in [0, 0.1) is 6.92 Å². The largest absolute Gasteiger partial charge is 0.481 e. The first kappa shape index (κ1) is 20.1.